The highest BCUT2D eigenvalue weighted by Gasteiger charge is 2.13. The molecule has 1 aromatic carbocycles. The molecule has 0 atom stereocenters. The van der Waals surface area contributed by atoms with Crippen LogP contribution in [0.4, 0.5) is 4.39 Å². The van der Waals surface area contributed by atoms with Crippen LogP contribution in [0.15, 0.2) is 23.4 Å². The van der Waals surface area contributed by atoms with Crippen molar-refractivity contribution in [3.05, 3.63) is 29.6 Å². The predicted octanol–water partition coefficient (Wildman–Crippen LogP) is 3.66. The molecule has 0 amide bonds. The maximum atomic E-state index is 13.7. The van der Waals surface area contributed by atoms with Gasteiger partial charge in [0.25, 0.3) is 0 Å². The highest BCUT2D eigenvalue weighted by molar-refractivity contribution is 5.99. The largest absolute Gasteiger partial charge is 0.493 e. The molecule has 0 aliphatic rings. The van der Waals surface area contributed by atoms with Crippen LogP contribution in [0.3, 0.4) is 0 Å². The van der Waals surface area contributed by atoms with Crippen molar-refractivity contribution in [2.75, 3.05) is 6.61 Å². The van der Waals surface area contributed by atoms with Crippen molar-refractivity contribution < 1.29 is 14.3 Å². The van der Waals surface area contributed by atoms with Crippen LogP contribution in [-0.2, 0) is 0 Å². The van der Waals surface area contributed by atoms with Crippen LogP contribution in [-0.4, -0.2) is 17.6 Å². The van der Waals surface area contributed by atoms with Gasteiger partial charge in [-0.2, -0.15) is 0 Å². The second kappa shape index (κ2) is 9.18. The number of nitrogens with zero attached hydrogens (tertiary/aromatic N) is 1. The molecule has 0 aliphatic heterocycles. The third-order valence-electron chi connectivity index (χ3n) is 3.09. The molecule has 0 saturated carbocycles. The second-order valence-electron chi connectivity index (χ2n) is 4.71. The van der Waals surface area contributed by atoms with E-state index in [1.54, 1.807) is 12.1 Å². The van der Waals surface area contributed by atoms with Crippen molar-refractivity contribution in [1.29, 1.82) is 0 Å². The Morgan fingerprint density at radius 2 is 1.95 bits per heavy atom. The van der Waals surface area contributed by atoms with Gasteiger partial charge in [0.05, 0.1) is 12.2 Å². The molecule has 0 aliphatic carbocycles. The van der Waals surface area contributed by atoms with Crippen molar-refractivity contribution in [3.8, 4) is 5.75 Å². The number of unbranched alkanes of at least 4 members (excludes halogenated alkanes) is 5. The van der Waals surface area contributed by atoms with Gasteiger partial charge in [-0.05, 0) is 18.6 Å². The number of hydrogen-bond donors (Lipinski definition) is 2. The molecule has 1 aromatic rings. The predicted molar refractivity (Wildman–Crippen MR) is 77.8 cm³/mol. The first-order valence-corrected chi connectivity index (χ1v) is 7.10. The number of halogens is 1. The van der Waals surface area contributed by atoms with E-state index in [0.29, 0.717) is 12.4 Å². The smallest absolute Gasteiger partial charge is 0.176 e. The molecule has 0 radical (unpaired) electrons. The zero-order chi connectivity index (χ0) is 14.8. The van der Waals surface area contributed by atoms with Gasteiger partial charge in [-0.1, -0.05) is 50.2 Å². The summed E-state index contributed by atoms with van der Waals surface area (Å²) in [4.78, 5) is 0. The molecule has 0 fully saturated rings. The summed E-state index contributed by atoms with van der Waals surface area (Å²) in [6, 6.07) is 4.42. The monoisotopic (exact) mass is 282 g/mol. The molecule has 0 saturated heterocycles. The summed E-state index contributed by atoms with van der Waals surface area (Å²) in [6.45, 7) is 2.68. The Morgan fingerprint density at radius 1 is 1.25 bits per heavy atom. The second-order valence-corrected chi connectivity index (χ2v) is 4.71. The van der Waals surface area contributed by atoms with E-state index in [9.17, 15) is 4.39 Å². The molecule has 0 bridgehead atoms. The number of oxime groups is 1. The number of hydrogen-bond acceptors (Lipinski definition) is 3. The standard InChI is InChI=1S/C15H23FN2O2/c1-2-3-4-5-6-7-11-20-13-10-8-9-12(16)14(13)15(17)18-19/h8-10,19H,2-7,11H2,1H3,(H2,17,18). The van der Waals surface area contributed by atoms with Crippen molar-refractivity contribution in [2.24, 2.45) is 10.9 Å². The third kappa shape index (κ3) is 5.07. The van der Waals surface area contributed by atoms with Crippen LogP contribution < -0.4 is 10.5 Å². The third-order valence-corrected chi connectivity index (χ3v) is 3.09. The van der Waals surface area contributed by atoms with Crippen LogP contribution in [0.2, 0.25) is 0 Å². The highest BCUT2D eigenvalue weighted by Crippen LogP contribution is 2.21. The highest BCUT2D eigenvalue weighted by atomic mass is 19.1. The first-order chi connectivity index (χ1) is 9.70. The normalized spacial score (nSPS) is 11.6. The van der Waals surface area contributed by atoms with Gasteiger partial charge >= 0.3 is 0 Å². The molecular formula is C15H23FN2O2. The van der Waals surface area contributed by atoms with Crippen LogP contribution in [0.25, 0.3) is 0 Å². The summed E-state index contributed by atoms with van der Waals surface area (Å²) < 4.78 is 19.2. The number of benzene rings is 1. The fraction of sp³-hybridized carbons (Fsp3) is 0.533. The molecule has 5 heteroatoms. The molecule has 0 aromatic heterocycles. The SMILES string of the molecule is CCCCCCCCOc1cccc(F)c1C(N)=NO. The minimum Gasteiger partial charge on any atom is -0.493 e. The summed E-state index contributed by atoms with van der Waals surface area (Å²) in [5.41, 5.74) is 5.48. The summed E-state index contributed by atoms with van der Waals surface area (Å²) >= 11 is 0. The van der Waals surface area contributed by atoms with Gasteiger partial charge in [0.1, 0.15) is 11.6 Å². The van der Waals surface area contributed by atoms with Crippen molar-refractivity contribution in [1.82, 2.24) is 0 Å². The Kier molecular flexibility index (Phi) is 7.47. The number of amidine groups is 1. The first kappa shape index (κ1) is 16.3. The summed E-state index contributed by atoms with van der Waals surface area (Å²) in [5.74, 6) is -0.518. The Bertz CT molecular complexity index is 436. The van der Waals surface area contributed by atoms with Crippen molar-refractivity contribution >= 4 is 5.84 Å². The van der Waals surface area contributed by atoms with Gasteiger partial charge in [0, 0.05) is 0 Å². The van der Waals surface area contributed by atoms with Gasteiger partial charge in [-0.15, -0.1) is 0 Å². The Hall–Kier alpha value is -1.78. The van der Waals surface area contributed by atoms with Gasteiger partial charge in [-0.3, -0.25) is 0 Å². The van der Waals surface area contributed by atoms with E-state index >= 15 is 0 Å². The molecule has 0 unspecified atom stereocenters. The minimum atomic E-state index is -0.555. The molecule has 20 heavy (non-hydrogen) atoms. The van der Waals surface area contributed by atoms with E-state index in [-0.39, 0.29) is 11.4 Å². The lowest BCUT2D eigenvalue weighted by Crippen LogP contribution is -2.17. The Balaban J connectivity index is 2.46. The number of ether oxygens (including phenoxy) is 1. The van der Waals surface area contributed by atoms with E-state index in [1.165, 1.54) is 31.7 Å². The average Bonchev–Trinajstić information content (AvgIpc) is 2.45. The zero-order valence-corrected chi connectivity index (χ0v) is 11.9. The fourth-order valence-electron chi connectivity index (χ4n) is 1.99. The molecule has 4 nitrogen and oxygen atoms in total. The lowest BCUT2D eigenvalue weighted by molar-refractivity contribution is 0.300. The van der Waals surface area contributed by atoms with Crippen LogP contribution in [0.5, 0.6) is 5.75 Å². The summed E-state index contributed by atoms with van der Waals surface area (Å²) in [5, 5.41) is 11.5. The van der Waals surface area contributed by atoms with E-state index < -0.39 is 5.82 Å². The molecule has 0 heterocycles. The topological polar surface area (TPSA) is 67.8 Å². The number of nitrogens with two attached hydrogens (primary N) is 1. The van der Waals surface area contributed by atoms with E-state index in [0.717, 1.165) is 12.8 Å². The molecule has 1 rings (SSSR count). The van der Waals surface area contributed by atoms with Gasteiger partial charge in [0.2, 0.25) is 0 Å². The quantitative estimate of drug-likeness (QED) is 0.239. The van der Waals surface area contributed by atoms with Gasteiger partial charge in [-0.25, -0.2) is 4.39 Å². The van der Waals surface area contributed by atoms with Crippen LogP contribution >= 0.6 is 0 Å². The maximum Gasteiger partial charge on any atom is 0.176 e. The lowest BCUT2D eigenvalue weighted by Gasteiger charge is -2.11. The Morgan fingerprint density at radius 3 is 2.65 bits per heavy atom. The summed E-state index contributed by atoms with van der Waals surface area (Å²) in [7, 11) is 0. The van der Waals surface area contributed by atoms with E-state index in [2.05, 4.69) is 12.1 Å². The fourth-order valence-corrected chi connectivity index (χ4v) is 1.99. The molecule has 3 N–H and O–H groups in total. The van der Waals surface area contributed by atoms with E-state index in [1.807, 2.05) is 0 Å². The van der Waals surface area contributed by atoms with Crippen LogP contribution in [0, 0.1) is 5.82 Å². The molecule has 0 spiro atoms. The van der Waals surface area contributed by atoms with Crippen molar-refractivity contribution in [2.45, 2.75) is 45.4 Å². The molecular weight excluding hydrogens is 259 g/mol. The lowest BCUT2D eigenvalue weighted by atomic mass is 10.1. The minimum absolute atomic E-state index is 0.0148. The summed E-state index contributed by atoms with van der Waals surface area (Å²) in [6.07, 6.45) is 6.92. The molecule has 112 valence electrons. The maximum absolute atomic E-state index is 13.7. The van der Waals surface area contributed by atoms with Crippen molar-refractivity contribution in [3.63, 3.8) is 0 Å². The Labute approximate surface area is 119 Å². The van der Waals surface area contributed by atoms with Crippen LogP contribution in [0.1, 0.15) is 51.0 Å². The van der Waals surface area contributed by atoms with E-state index in [4.69, 9.17) is 15.7 Å². The zero-order valence-electron chi connectivity index (χ0n) is 11.9. The first-order valence-electron chi connectivity index (χ1n) is 7.10. The van der Waals surface area contributed by atoms with Gasteiger partial charge < -0.3 is 15.7 Å². The number of rotatable bonds is 9. The van der Waals surface area contributed by atoms with Gasteiger partial charge in [0.15, 0.2) is 5.84 Å². The average molecular weight is 282 g/mol.